The monoisotopic (exact) mass is 329 g/mol. The lowest BCUT2D eigenvalue weighted by Crippen LogP contribution is -2.46. The van der Waals surface area contributed by atoms with E-state index in [-0.39, 0.29) is 0 Å². The van der Waals surface area contributed by atoms with Gasteiger partial charge in [0.05, 0.1) is 12.7 Å². The second-order valence-corrected chi connectivity index (χ2v) is 5.64. The molecule has 0 aromatic carbocycles. The summed E-state index contributed by atoms with van der Waals surface area (Å²) in [5, 5.41) is 10.3. The molecule has 3 heterocycles. The van der Waals surface area contributed by atoms with Gasteiger partial charge in [-0.15, -0.1) is 0 Å². The summed E-state index contributed by atoms with van der Waals surface area (Å²) >= 11 is 0. The Balaban J connectivity index is 1.40. The van der Waals surface area contributed by atoms with Crippen LogP contribution in [0, 0.1) is 0 Å². The van der Waals surface area contributed by atoms with Crippen LogP contribution < -0.4 is 10.1 Å². The third-order valence-corrected chi connectivity index (χ3v) is 4.11. The van der Waals surface area contributed by atoms with Crippen LogP contribution in [0.15, 0.2) is 35.8 Å². The first kappa shape index (κ1) is 16.2. The molecule has 0 unspecified atom stereocenters. The summed E-state index contributed by atoms with van der Waals surface area (Å²) in [6, 6.07) is 3.76. The van der Waals surface area contributed by atoms with E-state index in [1.165, 1.54) is 0 Å². The fourth-order valence-electron chi connectivity index (χ4n) is 2.87. The number of aromatic nitrogens is 4. The molecule has 0 atom stereocenters. The van der Waals surface area contributed by atoms with E-state index in [2.05, 4.69) is 35.4 Å². The van der Waals surface area contributed by atoms with Crippen molar-refractivity contribution in [3.63, 3.8) is 0 Å². The fraction of sp³-hybridized carbons (Fsp3) is 0.500. The number of pyridine rings is 1. The number of ether oxygens (including phenoxy) is 1. The summed E-state index contributed by atoms with van der Waals surface area (Å²) < 4.78 is 5.64. The normalized spacial score (nSPS) is 16.2. The van der Waals surface area contributed by atoms with Gasteiger partial charge in [-0.1, -0.05) is 0 Å². The molecule has 3 rings (SSSR count). The molecule has 1 fully saturated rings. The first-order valence-corrected chi connectivity index (χ1v) is 8.20. The van der Waals surface area contributed by atoms with Crippen LogP contribution in [0.4, 0.5) is 0 Å². The molecule has 0 amide bonds. The molecule has 0 spiro atoms. The molecule has 0 aliphatic carbocycles. The highest BCUT2D eigenvalue weighted by atomic mass is 16.5. The quantitative estimate of drug-likeness (QED) is 0.484. The Bertz CT molecular complexity index is 621. The summed E-state index contributed by atoms with van der Waals surface area (Å²) in [7, 11) is 1.81. The van der Waals surface area contributed by atoms with Crippen molar-refractivity contribution < 1.29 is 4.74 Å². The summed E-state index contributed by atoms with van der Waals surface area (Å²) in [4.78, 5) is 14.9. The van der Waals surface area contributed by atoms with Gasteiger partial charge in [0.15, 0.2) is 5.96 Å². The first-order chi connectivity index (χ1) is 11.9. The van der Waals surface area contributed by atoms with E-state index in [0.717, 1.165) is 43.5 Å². The third kappa shape index (κ3) is 4.21. The van der Waals surface area contributed by atoms with Crippen molar-refractivity contribution >= 4 is 5.96 Å². The molecule has 8 heteroatoms. The van der Waals surface area contributed by atoms with E-state index in [1.807, 2.05) is 19.2 Å². The van der Waals surface area contributed by atoms with Crippen LogP contribution in [0.3, 0.4) is 0 Å². The number of nitrogens with one attached hydrogen (secondary N) is 2. The highest BCUT2D eigenvalue weighted by Gasteiger charge is 2.24. The van der Waals surface area contributed by atoms with Crippen molar-refractivity contribution in [2.45, 2.75) is 18.8 Å². The van der Waals surface area contributed by atoms with Crippen LogP contribution in [-0.2, 0) is 0 Å². The highest BCUT2D eigenvalue weighted by molar-refractivity contribution is 5.79. The van der Waals surface area contributed by atoms with Crippen molar-refractivity contribution in [2.24, 2.45) is 4.99 Å². The van der Waals surface area contributed by atoms with Gasteiger partial charge in [-0.2, -0.15) is 5.10 Å². The number of piperidine rings is 1. The minimum atomic E-state index is 0.454. The van der Waals surface area contributed by atoms with Gasteiger partial charge in [0.25, 0.3) is 0 Å². The Morgan fingerprint density at radius 2 is 2.33 bits per heavy atom. The largest absolute Gasteiger partial charge is 0.490 e. The van der Waals surface area contributed by atoms with Gasteiger partial charge < -0.3 is 15.0 Å². The standard InChI is InChI=1S/C16H23N7O/c1-17-16(19-7-10-24-14-3-2-6-18-11-14)23-8-4-13(5-9-23)15-20-12-21-22-15/h2-3,6,11-13H,4-5,7-10H2,1H3,(H,17,19)(H,20,21,22). The van der Waals surface area contributed by atoms with E-state index < -0.39 is 0 Å². The van der Waals surface area contributed by atoms with Gasteiger partial charge in [0, 0.05) is 32.3 Å². The molecule has 2 N–H and O–H groups in total. The number of rotatable bonds is 5. The second-order valence-electron chi connectivity index (χ2n) is 5.64. The van der Waals surface area contributed by atoms with Gasteiger partial charge in [-0.25, -0.2) is 4.98 Å². The fourth-order valence-corrected chi connectivity index (χ4v) is 2.87. The molecule has 8 nitrogen and oxygen atoms in total. The van der Waals surface area contributed by atoms with Crippen LogP contribution in [0.5, 0.6) is 5.75 Å². The van der Waals surface area contributed by atoms with Crippen LogP contribution in [0.1, 0.15) is 24.6 Å². The Labute approximate surface area is 141 Å². The molecule has 0 radical (unpaired) electrons. The summed E-state index contributed by atoms with van der Waals surface area (Å²) in [6.07, 6.45) is 7.10. The van der Waals surface area contributed by atoms with Gasteiger partial charge in [0.1, 0.15) is 24.5 Å². The van der Waals surface area contributed by atoms with Gasteiger partial charge in [-0.05, 0) is 25.0 Å². The maximum Gasteiger partial charge on any atom is 0.193 e. The lowest BCUT2D eigenvalue weighted by Gasteiger charge is -2.33. The molecule has 1 aliphatic rings. The summed E-state index contributed by atoms with van der Waals surface area (Å²) in [5.74, 6) is 3.14. The van der Waals surface area contributed by atoms with Crippen LogP contribution in [0.2, 0.25) is 0 Å². The highest BCUT2D eigenvalue weighted by Crippen LogP contribution is 2.24. The van der Waals surface area contributed by atoms with Crippen LogP contribution in [-0.4, -0.2) is 64.3 Å². The predicted octanol–water partition coefficient (Wildman–Crippen LogP) is 1.03. The average molecular weight is 329 g/mol. The van der Waals surface area contributed by atoms with Crippen molar-refractivity contribution in [1.82, 2.24) is 30.4 Å². The molecule has 2 aromatic heterocycles. The molecule has 1 saturated heterocycles. The number of hydrogen-bond donors (Lipinski definition) is 2. The van der Waals surface area contributed by atoms with Gasteiger partial charge >= 0.3 is 0 Å². The Hall–Kier alpha value is -2.64. The molecular formula is C16H23N7O. The number of likely N-dealkylation sites (tertiary alicyclic amines) is 1. The lowest BCUT2D eigenvalue weighted by atomic mass is 9.96. The van der Waals surface area contributed by atoms with Gasteiger partial charge in [-0.3, -0.25) is 15.1 Å². The molecular weight excluding hydrogens is 306 g/mol. The van der Waals surface area contributed by atoms with Crippen LogP contribution >= 0.6 is 0 Å². The lowest BCUT2D eigenvalue weighted by molar-refractivity contribution is 0.289. The smallest absolute Gasteiger partial charge is 0.193 e. The number of H-pyrrole nitrogens is 1. The summed E-state index contributed by atoms with van der Waals surface area (Å²) in [6.45, 7) is 3.17. The van der Waals surface area contributed by atoms with Gasteiger partial charge in [0.2, 0.25) is 0 Å². The van der Waals surface area contributed by atoms with Crippen molar-refractivity contribution in [3.05, 3.63) is 36.7 Å². The Morgan fingerprint density at radius 1 is 1.46 bits per heavy atom. The number of guanidine groups is 1. The second kappa shape index (κ2) is 8.28. The van der Waals surface area contributed by atoms with Crippen molar-refractivity contribution in [3.8, 4) is 5.75 Å². The number of aliphatic imine (C=N–C) groups is 1. The molecule has 0 bridgehead atoms. The topological polar surface area (TPSA) is 91.3 Å². The first-order valence-electron chi connectivity index (χ1n) is 8.20. The number of hydrogen-bond acceptors (Lipinski definition) is 5. The van der Waals surface area contributed by atoms with Crippen molar-refractivity contribution in [2.75, 3.05) is 33.3 Å². The van der Waals surface area contributed by atoms with Crippen LogP contribution in [0.25, 0.3) is 0 Å². The zero-order valence-corrected chi connectivity index (χ0v) is 13.9. The molecule has 24 heavy (non-hydrogen) atoms. The zero-order valence-electron chi connectivity index (χ0n) is 13.9. The minimum Gasteiger partial charge on any atom is -0.490 e. The zero-order chi connectivity index (χ0) is 16.6. The molecule has 0 saturated carbocycles. The minimum absolute atomic E-state index is 0.454. The van der Waals surface area contributed by atoms with E-state index >= 15 is 0 Å². The van der Waals surface area contributed by atoms with Crippen molar-refractivity contribution in [1.29, 1.82) is 0 Å². The van der Waals surface area contributed by atoms with E-state index in [1.54, 1.807) is 18.7 Å². The number of nitrogens with zero attached hydrogens (tertiary/aromatic N) is 5. The predicted molar refractivity (Wildman–Crippen MR) is 91.0 cm³/mol. The number of aromatic amines is 1. The average Bonchev–Trinajstić information content (AvgIpc) is 3.18. The van der Waals surface area contributed by atoms with E-state index in [4.69, 9.17) is 4.74 Å². The summed E-state index contributed by atoms with van der Waals surface area (Å²) in [5.41, 5.74) is 0. The maximum atomic E-state index is 5.64. The van der Waals surface area contributed by atoms with E-state index in [9.17, 15) is 0 Å². The van der Waals surface area contributed by atoms with E-state index in [0.29, 0.717) is 19.1 Å². The molecule has 128 valence electrons. The SMILES string of the molecule is CN=C(NCCOc1cccnc1)N1CCC(c2ncn[nH]2)CC1. The maximum absolute atomic E-state index is 5.64. The molecule has 2 aromatic rings. The Kier molecular flexibility index (Phi) is 5.60. The Morgan fingerprint density at radius 3 is 3.00 bits per heavy atom. The molecule has 1 aliphatic heterocycles. The third-order valence-electron chi connectivity index (χ3n) is 4.11.